The van der Waals surface area contributed by atoms with Gasteiger partial charge in [-0.2, -0.15) is 0 Å². The van der Waals surface area contributed by atoms with Crippen molar-refractivity contribution in [2.24, 2.45) is 0 Å². The Labute approximate surface area is 120 Å². The molecule has 0 unspecified atom stereocenters. The van der Waals surface area contributed by atoms with Crippen molar-refractivity contribution in [1.29, 1.82) is 0 Å². The summed E-state index contributed by atoms with van der Waals surface area (Å²) in [5.41, 5.74) is 2.19. The molecule has 0 saturated carbocycles. The average Bonchev–Trinajstić information content (AvgIpc) is 2.41. The van der Waals surface area contributed by atoms with Crippen LogP contribution in [0, 0.1) is 0 Å². The zero-order valence-electron chi connectivity index (χ0n) is 9.91. The Bertz CT molecular complexity index is 528. The largest absolute Gasteiger partial charge is 0.497 e. The number of hydrogen-bond acceptors (Lipinski definition) is 2. The number of hydrogen-bond donors (Lipinski definition) is 1. The van der Waals surface area contributed by atoms with E-state index >= 15 is 0 Å². The maximum absolute atomic E-state index is 6.03. The first-order chi connectivity index (χ1) is 8.69. The van der Waals surface area contributed by atoms with Crippen LogP contribution in [0.2, 0.25) is 5.02 Å². The summed E-state index contributed by atoms with van der Waals surface area (Å²) in [5.74, 6) is 0.866. The molecule has 1 N–H and O–H groups in total. The Morgan fingerprint density at radius 2 is 1.89 bits per heavy atom. The van der Waals surface area contributed by atoms with Gasteiger partial charge in [0, 0.05) is 16.7 Å². The maximum atomic E-state index is 6.03. The van der Waals surface area contributed by atoms with E-state index in [0.717, 1.165) is 22.5 Å². The number of ether oxygens (including phenoxy) is 1. The number of halogens is 2. The first-order valence-corrected chi connectivity index (χ1v) is 6.68. The molecule has 0 aliphatic heterocycles. The minimum Gasteiger partial charge on any atom is -0.497 e. The molecule has 18 heavy (non-hydrogen) atoms. The lowest BCUT2D eigenvalue weighted by Gasteiger charge is -2.08. The highest BCUT2D eigenvalue weighted by Crippen LogP contribution is 2.25. The Morgan fingerprint density at radius 3 is 2.50 bits per heavy atom. The van der Waals surface area contributed by atoms with Crippen LogP contribution in [0.4, 0.5) is 5.69 Å². The molecule has 0 radical (unpaired) electrons. The molecule has 0 spiro atoms. The number of nitrogens with one attached hydrogen (secondary N) is 1. The van der Waals surface area contributed by atoms with E-state index < -0.39 is 0 Å². The fraction of sp³-hybridized carbons (Fsp3) is 0.143. The van der Waals surface area contributed by atoms with Crippen LogP contribution >= 0.6 is 27.5 Å². The Balaban J connectivity index is 1.99. The maximum Gasteiger partial charge on any atom is 0.118 e. The van der Waals surface area contributed by atoms with Gasteiger partial charge in [0.25, 0.3) is 0 Å². The first kappa shape index (κ1) is 13.2. The topological polar surface area (TPSA) is 21.3 Å². The van der Waals surface area contributed by atoms with Crippen molar-refractivity contribution < 1.29 is 4.74 Å². The smallest absolute Gasteiger partial charge is 0.118 e. The van der Waals surface area contributed by atoms with Crippen LogP contribution in [0.1, 0.15) is 5.56 Å². The predicted molar refractivity (Wildman–Crippen MR) is 79.5 cm³/mol. The van der Waals surface area contributed by atoms with Gasteiger partial charge in [0.1, 0.15) is 5.75 Å². The minimum atomic E-state index is 0.703. The van der Waals surface area contributed by atoms with Gasteiger partial charge in [0.2, 0.25) is 0 Å². The van der Waals surface area contributed by atoms with Gasteiger partial charge in [-0.15, -0.1) is 0 Å². The van der Waals surface area contributed by atoms with Crippen molar-refractivity contribution >= 4 is 33.2 Å². The summed E-state index contributed by atoms with van der Waals surface area (Å²) < 4.78 is 6.02. The van der Waals surface area contributed by atoms with E-state index in [0.29, 0.717) is 5.02 Å². The number of anilines is 1. The Morgan fingerprint density at radius 1 is 1.17 bits per heavy atom. The molecule has 94 valence electrons. The molecule has 0 aliphatic rings. The summed E-state index contributed by atoms with van der Waals surface area (Å²) in [5, 5.41) is 4.02. The van der Waals surface area contributed by atoms with E-state index in [9.17, 15) is 0 Å². The van der Waals surface area contributed by atoms with Crippen LogP contribution in [0.25, 0.3) is 0 Å². The molecule has 0 saturated heterocycles. The van der Waals surface area contributed by atoms with Gasteiger partial charge in [-0.05, 0) is 51.8 Å². The van der Waals surface area contributed by atoms with E-state index in [2.05, 4.69) is 21.2 Å². The SMILES string of the molecule is COc1ccc(CNc2ccc(Br)c(Cl)c2)cc1. The molecule has 2 aromatic carbocycles. The second kappa shape index (κ2) is 6.12. The Kier molecular flexibility index (Phi) is 4.50. The van der Waals surface area contributed by atoms with Gasteiger partial charge in [-0.1, -0.05) is 23.7 Å². The first-order valence-electron chi connectivity index (χ1n) is 5.51. The molecule has 0 atom stereocenters. The molecule has 2 rings (SSSR count). The van der Waals surface area contributed by atoms with Gasteiger partial charge in [0.15, 0.2) is 0 Å². The zero-order valence-corrected chi connectivity index (χ0v) is 12.3. The molecular weight excluding hydrogens is 314 g/mol. The normalized spacial score (nSPS) is 10.2. The van der Waals surface area contributed by atoms with Crippen molar-refractivity contribution in [1.82, 2.24) is 0 Å². The van der Waals surface area contributed by atoms with Crippen LogP contribution in [0.15, 0.2) is 46.9 Å². The monoisotopic (exact) mass is 325 g/mol. The summed E-state index contributed by atoms with van der Waals surface area (Å²) >= 11 is 9.40. The summed E-state index contributed by atoms with van der Waals surface area (Å²) in [6.07, 6.45) is 0. The quantitative estimate of drug-likeness (QED) is 0.877. The molecule has 4 heteroatoms. The van der Waals surface area contributed by atoms with Crippen LogP contribution in [0.3, 0.4) is 0 Å². The van der Waals surface area contributed by atoms with Gasteiger partial charge in [-0.25, -0.2) is 0 Å². The van der Waals surface area contributed by atoms with E-state index in [-0.39, 0.29) is 0 Å². The lowest BCUT2D eigenvalue weighted by molar-refractivity contribution is 0.414. The lowest BCUT2D eigenvalue weighted by atomic mass is 10.2. The van der Waals surface area contributed by atoms with E-state index in [4.69, 9.17) is 16.3 Å². The van der Waals surface area contributed by atoms with Crippen molar-refractivity contribution in [2.75, 3.05) is 12.4 Å². The average molecular weight is 327 g/mol. The van der Waals surface area contributed by atoms with Gasteiger partial charge in [-0.3, -0.25) is 0 Å². The highest BCUT2D eigenvalue weighted by atomic mass is 79.9. The van der Waals surface area contributed by atoms with Crippen molar-refractivity contribution in [3.05, 3.63) is 57.5 Å². The summed E-state index contributed by atoms with van der Waals surface area (Å²) in [6.45, 7) is 0.752. The molecule has 0 bridgehead atoms. The highest BCUT2D eigenvalue weighted by molar-refractivity contribution is 9.10. The van der Waals surface area contributed by atoms with Crippen LogP contribution < -0.4 is 10.1 Å². The van der Waals surface area contributed by atoms with Crippen LogP contribution in [0.5, 0.6) is 5.75 Å². The summed E-state index contributed by atoms with van der Waals surface area (Å²) in [6, 6.07) is 13.8. The van der Waals surface area contributed by atoms with Crippen molar-refractivity contribution in [2.45, 2.75) is 6.54 Å². The number of rotatable bonds is 4. The number of methoxy groups -OCH3 is 1. The van der Waals surface area contributed by atoms with Crippen LogP contribution in [-0.2, 0) is 6.54 Å². The van der Waals surface area contributed by atoms with Crippen molar-refractivity contribution in [3.63, 3.8) is 0 Å². The molecule has 0 heterocycles. The van der Waals surface area contributed by atoms with Gasteiger partial charge in [0.05, 0.1) is 12.1 Å². The summed E-state index contributed by atoms with van der Waals surface area (Å²) in [4.78, 5) is 0. The standard InChI is InChI=1S/C14H13BrClNO/c1-18-12-5-2-10(3-6-12)9-17-11-4-7-13(15)14(16)8-11/h2-8,17H,9H2,1H3. The fourth-order valence-electron chi connectivity index (χ4n) is 1.55. The molecule has 2 nitrogen and oxygen atoms in total. The van der Waals surface area contributed by atoms with Crippen LogP contribution in [-0.4, -0.2) is 7.11 Å². The minimum absolute atomic E-state index is 0.703. The molecule has 0 aromatic heterocycles. The molecule has 0 aliphatic carbocycles. The second-order valence-corrected chi connectivity index (χ2v) is 5.09. The predicted octanol–water partition coefficient (Wildman–Crippen LogP) is 4.72. The molecule has 0 amide bonds. The molecular formula is C14H13BrClNO. The fourth-order valence-corrected chi connectivity index (χ4v) is 1.98. The van der Waals surface area contributed by atoms with E-state index in [1.165, 1.54) is 5.56 Å². The summed E-state index contributed by atoms with van der Waals surface area (Å²) in [7, 11) is 1.66. The molecule has 2 aromatic rings. The number of benzene rings is 2. The van der Waals surface area contributed by atoms with Gasteiger partial charge < -0.3 is 10.1 Å². The van der Waals surface area contributed by atoms with E-state index in [1.807, 2.05) is 42.5 Å². The zero-order chi connectivity index (χ0) is 13.0. The lowest BCUT2D eigenvalue weighted by Crippen LogP contribution is -1.99. The van der Waals surface area contributed by atoms with Crippen molar-refractivity contribution in [3.8, 4) is 5.75 Å². The Hall–Kier alpha value is -1.19. The molecule has 0 fully saturated rings. The van der Waals surface area contributed by atoms with E-state index in [1.54, 1.807) is 7.11 Å². The third-order valence-corrected chi connectivity index (χ3v) is 3.81. The van der Waals surface area contributed by atoms with Gasteiger partial charge >= 0.3 is 0 Å². The second-order valence-electron chi connectivity index (χ2n) is 3.83. The third kappa shape index (κ3) is 3.40. The highest BCUT2D eigenvalue weighted by Gasteiger charge is 1.99. The third-order valence-electron chi connectivity index (χ3n) is 2.58.